The largest absolute Gasteiger partial charge is 0.466 e. The van der Waals surface area contributed by atoms with E-state index < -0.39 is 5.97 Å². The van der Waals surface area contributed by atoms with Gasteiger partial charge in [-0.25, -0.2) is 4.79 Å². The van der Waals surface area contributed by atoms with Gasteiger partial charge in [-0.1, -0.05) is 23.2 Å². The smallest absolute Gasteiger partial charge is 0.330 e. The summed E-state index contributed by atoms with van der Waals surface area (Å²) in [4.78, 5) is 11.0. The van der Waals surface area contributed by atoms with Gasteiger partial charge in [0.2, 0.25) is 0 Å². The summed E-state index contributed by atoms with van der Waals surface area (Å²) in [5, 5.41) is 1.13. The summed E-state index contributed by atoms with van der Waals surface area (Å²) in [6.45, 7) is 1.77. The van der Waals surface area contributed by atoms with Gasteiger partial charge in [-0.2, -0.15) is 0 Å². The molecule has 15 heavy (non-hydrogen) atoms. The zero-order valence-electron chi connectivity index (χ0n) is 8.38. The van der Waals surface area contributed by atoms with Crippen LogP contribution >= 0.6 is 23.2 Å². The van der Waals surface area contributed by atoms with Crippen LogP contribution in [0.15, 0.2) is 24.3 Å². The van der Waals surface area contributed by atoms with Gasteiger partial charge in [0.05, 0.1) is 7.11 Å². The molecule has 4 heteroatoms. The zero-order valence-corrected chi connectivity index (χ0v) is 9.89. The number of allylic oxidation sites excluding steroid dienone is 1. The fourth-order valence-electron chi connectivity index (χ4n) is 1.11. The average Bonchev–Trinajstić information content (AvgIpc) is 2.21. The lowest BCUT2D eigenvalue weighted by Crippen LogP contribution is -1.96. The van der Waals surface area contributed by atoms with Gasteiger partial charge >= 0.3 is 5.97 Å². The molecular formula is C11H10Cl2O2. The Morgan fingerprint density at radius 1 is 1.40 bits per heavy atom. The van der Waals surface area contributed by atoms with E-state index in [1.54, 1.807) is 25.1 Å². The van der Waals surface area contributed by atoms with Crippen LogP contribution in [-0.2, 0) is 9.53 Å². The molecule has 0 aliphatic carbocycles. The lowest BCUT2D eigenvalue weighted by Gasteiger charge is -2.04. The maximum atomic E-state index is 11.0. The number of carbonyl (C=O) groups is 1. The second-order valence-electron chi connectivity index (χ2n) is 2.97. The Balaban J connectivity index is 3.10. The second kappa shape index (κ2) is 5.19. The molecule has 0 N–H and O–H groups in total. The molecule has 1 aromatic rings. The van der Waals surface area contributed by atoms with Crippen molar-refractivity contribution in [3.63, 3.8) is 0 Å². The summed E-state index contributed by atoms with van der Waals surface area (Å²) >= 11 is 11.8. The van der Waals surface area contributed by atoms with Crippen LogP contribution in [0.4, 0.5) is 0 Å². The van der Waals surface area contributed by atoms with Gasteiger partial charge in [-0.15, -0.1) is 0 Å². The summed E-state index contributed by atoms with van der Waals surface area (Å²) in [5.41, 5.74) is 1.45. The van der Waals surface area contributed by atoms with Crippen molar-refractivity contribution >= 4 is 34.7 Å². The van der Waals surface area contributed by atoms with Crippen molar-refractivity contribution < 1.29 is 9.53 Å². The second-order valence-corrected chi connectivity index (χ2v) is 3.82. The van der Waals surface area contributed by atoms with E-state index >= 15 is 0 Å². The number of hydrogen-bond acceptors (Lipinski definition) is 2. The van der Waals surface area contributed by atoms with E-state index in [1.165, 1.54) is 13.2 Å². The van der Waals surface area contributed by atoms with Crippen LogP contribution in [-0.4, -0.2) is 13.1 Å². The minimum Gasteiger partial charge on any atom is -0.466 e. The van der Waals surface area contributed by atoms with Crippen molar-refractivity contribution in [1.82, 2.24) is 0 Å². The van der Waals surface area contributed by atoms with Gasteiger partial charge in [0.1, 0.15) is 0 Å². The molecule has 0 amide bonds. The summed E-state index contributed by atoms with van der Waals surface area (Å²) in [6.07, 6.45) is 1.37. The molecule has 0 unspecified atom stereocenters. The van der Waals surface area contributed by atoms with Gasteiger partial charge in [-0.05, 0) is 36.3 Å². The molecule has 0 atom stereocenters. The summed E-state index contributed by atoms with van der Waals surface area (Å²) in [7, 11) is 1.33. The number of halogens is 2. The first-order valence-electron chi connectivity index (χ1n) is 4.26. The molecule has 1 aromatic carbocycles. The Kier molecular flexibility index (Phi) is 4.18. The molecule has 0 saturated heterocycles. The summed E-state index contributed by atoms with van der Waals surface area (Å²) < 4.78 is 4.52. The monoisotopic (exact) mass is 244 g/mol. The Hall–Kier alpha value is -0.990. The predicted molar refractivity (Wildman–Crippen MR) is 62.1 cm³/mol. The molecule has 0 aromatic heterocycles. The number of benzene rings is 1. The number of rotatable bonds is 2. The van der Waals surface area contributed by atoms with Crippen molar-refractivity contribution in [3.8, 4) is 0 Å². The number of methoxy groups -OCH3 is 1. The van der Waals surface area contributed by atoms with Gasteiger partial charge in [0.25, 0.3) is 0 Å². The standard InChI is InChI=1S/C11H10Cl2O2/c1-7(5-11(14)15-2)9-6-8(12)3-4-10(9)13/h3-6H,1-2H3/b7-5+. The first kappa shape index (κ1) is 12.1. The quantitative estimate of drug-likeness (QED) is 0.588. The van der Waals surface area contributed by atoms with E-state index in [1.807, 2.05) is 0 Å². The number of carbonyl (C=O) groups excluding carboxylic acids is 1. The average molecular weight is 245 g/mol. The molecular weight excluding hydrogens is 235 g/mol. The molecule has 0 aliphatic heterocycles. The van der Waals surface area contributed by atoms with Crippen molar-refractivity contribution in [2.45, 2.75) is 6.92 Å². The lowest BCUT2D eigenvalue weighted by molar-refractivity contribution is -0.134. The highest BCUT2D eigenvalue weighted by Crippen LogP contribution is 2.26. The summed E-state index contributed by atoms with van der Waals surface area (Å²) in [6, 6.07) is 5.09. The van der Waals surface area contributed by atoms with E-state index in [0.29, 0.717) is 15.6 Å². The van der Waals surface area contributed by atoms with Crippen molar-refractivity contribution in [2.24, 2.45) is 0 Å². The zero-order chi connectivity index (χ0) is 11.4. The van der Waals surface area contributed by atoms with Crippen LogP contribution in [0.1, 0.15) is 12.5 Å². The summed E-state index contributed by atoms with van der Waals surface area (Å²) in [5.74, 6) is -0.413. The van der Waals surface area contributed by atoms with E-state index in [-0.39, 0.29) is 0 Å². The van der Waals surface area contributed by atoms with E-state index in [9.17, 15) is 4.79 Å². The molecule has 0 heterocycles. The van der Waals surface area contributed by atoms with Gasteiger partial charge < -0.3 is 4.74 Å². The van der Waals surface area contributed by atoms with Crippen LogP contribution < -0.4 is 0 Å². The van der Waals surface area contributed by atoms with E-state index in [0.717, 1.165) is 5.56 Å². The molecule has 0 fully saturated rings. The van der Waals surface area contributed by atoms with Crippen LogP contribution in [0.25, 0.3) is 5.57 Å². The highest BCUT2D eigenvalue weighted by molar-refractivity contribution is 6.34. The maximum Gasteiger partial charge on any atom is 0.330 e. The molecule has 0 saturated carbocycles. The molecule has 0 spiro atoms. The topological polar surface area (TPSA) is 26.3 Å². The van der Waals surface area contributed by atoms with Crippen LogP contribution in [0.3, 0.4) is 0 Å². The maximum absolute atomic E-state index is 11.0. The molecule has 80 valence electrons. The SMILES string of the molecule is COC(=O)/C=C(\C)c1cc(Cl)ccc1Cl. The molecule has 0 aliphatic rings. The first-order chi connectivity index (χ1) is 7.04. The van der Waals surface area contributed by atoms with Crippen LogP contribution in [0.2, 0.25) is 10.0 Å². The van der Waals surface area contributed by atoms with Crippen LogP contribution in [0, 0.1) is 0 Å². The highest BCUT2D eigenvalue weighted by Gasteiger charge is 2.05. The number of ether oxygens (including phenoxy) is 1. The fourth-order valence-corrected chi connectivity index (χ4v) is 1.55. The van der Waals surface area contributed by atoms with Crippen LogP contribution in [0.5, 0.6) is 0 Å². The fraction of sp³-hybridized carbons (Fsp3) is 0.182. The number of esters is 1. The lowest BCUT2D eigenvalue weighted by atomic mass is 10.1. The number of hydrogen-bond donors (Lipinski definition) is 0. The highest BCUT2D eigenvalue weighted by atomic mass is 35.5. The minimum atomic E-state index is -0.413. The van der Waals surface area contributed by atoms with Gasteiger partial charge in [0.15, 0.2) is 0 Å². The van der Waals surface area contributed by atoms with Gasteiger partial charge in [0, 0.05) is 16.1 Å². The van der Waals surface area contributed by atoms with E-state index in [4.69, 9.17) is 23.2 Å². The van der Waals surface area contributed by atoms with Crippen molar-refractivity contribution in [2.75, 3.05) is 7.11 Å². The predicted octanol–water partition coefficient (Wildman–Crippen LogP) is 3.57. The molecule has 0 bridgehead atoms. The Labute approximate surface area is 98.4 Å². The molecule has 2 nitrogen and oxygen atoms in total. The Bertz CT molecular complexity index is 411. The molecule has 1 rings (SSSR count). The van der Waals surface area contributed by atoms with Gasteiger partial charge in [-0.3, -0.25) is 0 Å². The van der Waals surface area contributed by atoms with Crippen molar-refractivity contribution in [1.29, 1.82) is 0 Å². The Morgan fingerprint density at radius 2 is 2.07 bits per heavy atom. The normalized spacial score (nSPS) is 11.3. The van der Waals surface area contributed by atoms with Crippen molar-refractivity contribution in [3.05, 3.63) is 39.9 Å². The molecule has 0 radical (unpaired) electrons. The third-order valence-electron chi connectivity index (χ3n) is 1.89. The third kappa shape index (κ3) is 3.26. The third-order valence-corrected chi connectivity index (χ3v) is 2.45. The van der Waals surface area contributed by atoms with E-state index in [2.05, 4.69) is 4.74 Å². The minimum absolute atomic E-state index is 0.413. The Morgan fingerprint density at radius 3 is 2.67 bits per heavy atom. The first-order valence-corrected chi connectivity index (χ1v) is 5.02.